The number of aromatic nitrogens is 3. The molecule has 0 saturated carbocycles. The van der Waals surface area contributed by atoms with E-state index in [4.69, 9.17) is 5.73 Å². The van der Waals surface area contributed by atoms with Crippen molar-refractivity contribution in [1.82, 2.24) is 15.0 Å². The topological polar surface area (TPSA) is 97.4 Å². The summed E-state index contributed by atoms with van der Waals surface area (Å²) in [6, 6.07) is 14.8. The Morgan fingerprint density at radius 1 is 0.583 bits per heavy atom. The quantitative estimate of drug-likeness (QED) is 0.145. The number of aryl methyl sites for hydroxylation is 6. The Labute approximate surface area is 210 Å². The second-order valence-corrected chi connectivity index (χ2v) is 9.96. The summed E-state index contributed by atoms with van der Waals surface area (Å²) in [6.07, 6.45) is 0. The molecule has 0 unspecified atom stereocenters. The van der Waals surface area contributed by atoms with Gasteiger partial charge in [0.2, 0.25) is 0 Å². The predicted molar refractivity (Wildman–Crippen MR) is 154 cm³/mol. The zero-order chi connectivity index (χ0) is 25.3. The lowest BCUT2D eigenvalue weighted by atomic mass is 10.1. The van der Waals surface area contributed by atoms with E-state index in [0.717, 1.165) is 61.8 Å². The van der Waals surface area contributed by atoms with Gasteiger partial charge in [-0.2, -0.15) is 0 Å². The number of fused-ring (bicyclic) bond motifs is 3. The van der Waals surface area contributed by atoms with Crippen LogP contribution in [0.4, 0.5) is 28.4 Å². The third-order valence-corrected chi connectivity index (χ3v) is 7.84. The van der Waals surface area contributed by atoms with Crippen LogP contribution in [0.25, 0.3) is 32.7 Å². The molecule has 0 saturated heterocycles. The van der Waals surface area contributed by atoms with Crippen molar-refractivity contribution in [3.8, 4) is 0 Å². The van der Waals surface area contributed by atoms with Gasteiger partial charge in [0.05, 0.1) is 28.3 Å². The monoisotopic (exact) mass is 476 g/mol. The summed E-state index contributed by atoms with van der Waals surface area (Å²) < 4.78 is 0. The molecule has 3 aromatic carbocycles. The second kappa shape index (κ2) is 7.85. The van der Waals surface area contributed by atoms with Gasteiger partial charge in [0.15, 0.2) is 0 Å². The summed E-state index contributed by atoms with van der Waals surface area (Å²) in [4.78, 5) is 10.5. The van der Waals surface area contributed by atoms with E-state index in [1.807, 2.05) is 0 Å². The minimum Gasteiger partial charge on any atom is -0.395 e. The number of hydrogen-bond acceptors (Lipinski definition) is 3. The fourth-order valence-electron chi connectivity index (χ4n) is 5.40. The van der Waals surface area contributed by atoms with Crippen LogP contribution in [0.1, 0.15) is 33.8 Å². The van der Waals surface area contributed by atoms with Gasteiger partial charge < -0.3 is 31.3 Å². The van der Waals surface area contributed by atoms with Crippen LogP contribution in [0, 0.1) is 41.5 Å². The molecule has 3 heterocycles. The lowest BCUT2D eigenvalue weighted by Crippen LogP contribution is -2.02. The first-order chi connectivity index (χ1) is 17.2. The predicted octanol–water partition coefficient (Wildman–Crippen LogP) is 8.05. The van der Waals surface area contributed by atoms with Crippen LogP contribution < -0.4 is 16.4 Å². The highest BCUT2D eigenvalue weighted by atomic mass is 15.0. The third kappa shape index (κ3) is 3.18. The van der Waals surface area contributed by atoms with Crippen molar-refractivity contribution in [2.75, 3.05) is 16.4 Å². The summed E-state index contributed by atoms with van der Waals surface area (Å²) in [5.74, 6) is 0. The van der Waals surface area contributed by atoms with Gasteiger partial charge in [0.25, 0.3) is 0 Å². The maximum Gasteiger partial charge on any atom is 0.0798 e. The molecule has 7 N–H and O–H groups in total. The highest BCUT2D eigenvalue weighted by Crippen LogP contribution is 2.42. The highest BCUT2D eigenvalue weighted by molar-refractivity contribution is 6.08. The van der Waals surface area contributed by atoms with E-state index in [1.54, 1.807) is 0 Å². The minimum absolute atomic E-state index is 0.718. The van der Waals surface area contributed by atoms with Crippen molar-refractivity contribution in [1.29, 1.82) is 0 Å². The Hall–Kier alpha value is -4.32. The van der Waals surface area contributed by atoms with E-state index < -0.39 is 0 Å². The van der Waals surface area contributed by atoms with Gasteiger partial charge in [-0.05, 0) is 88.6 Å². The maximum atomic E-state index is 6.67. The van der Waals surface area contributed by atoms with Crippen molar-refractivity contribution in [2.45, 2.75) is 41.5 Å². The molecular formula is C30H32N6. The SMILES string of the molecule is Cc1[nH]c2c(N)c(Nc3ccc4[nH]c(C)c(C)c4c3Nc3cccc4[nH]c(C)c(C)c34)ccc2c1C. The first-order valence-corrected chi connectivity index (χ1v) is 12.4. The van der Waals surface area contributed by atoms with Gasteiger partial charge in [0, 0.05) is 50.0 Å². The van der Waals surface area contributed by atoms with Gasteiger partial charge >= 0.3 is 0 Å². The number of H-pyrrole nitrogens is 3. The van der Waals surface area contributed by atoms with Gasteiger partial charge in [0.1, 0.15) is 0 Å². The van der Waals surface area contributed by atoms with Crippen LogP contribution in [0.15, 0.2) is 42.5 Å². The molecule has 0 aliphatic carbocycles. The zero-order valence-electron chi connectivity index (χ0n) is 21.6. The van der Waals surface area contributed by atoms with E-state index in [-0.39, 0.29) is 0 Å². The second-order valence-electron chi connectivity index (χ2n) is 9.96. The number of aromatic amines is 3. The number of benzene rings is 3. The van der Waals surface area contributed by atoms with Crippen molar-refractivity contribution in [3.05, 3.63) is 76.2 Å². The van der Waals surface area contributed by atoms with Gasteiger partial charge in [-0.3, -0.25) is 0 Å². The average Bonchev–Trinajstić information content (AvgIpc) is 3.43. The molecule has 3 aromatic heterocycles. The Bertz CT molecular complexity index is 1810. The molecule has 6 rings (SSSR count). The van der Waals surface area contributed by atoms with Crippen LogP contribution in [-0.2, 0) is 0 Å². The number of nitrogens with two attached hydrogens (primary N) is 1. The molecule has 0 aliphatic heterocycles. The third-order valence-electron chi connectivity index (χ3n) is 7.84. The van der Waals surface area contributed by atoms with E-state index in [9.17, 15) is 0 Å². The van der Waals surface area contributed by atoms with Crippen molar-refractivity contribution in [2.24, 2.45) is 0 Å². The Balaban J connectivity index is 1.54. The molecule has 6 aromatic rings. The molecule has 36 heavy (non-hydrogen) atoms. The van der Waals surface area contributed by atoms with Crippen LogP contribution in [-0.4, -0.2) is 15.0 Å². The number of hydrogen-bond donors (Lipinski definition) is 6. The summed E-state index contributed by atoms with van der Waals surface area (Å²) in [7, 11) is 0. The molecule has 6 nitrogen and oxygen atoms in total. The first-order valence-electron chi connectivity index (χ1n) is 12.4. The Morgan fingerprint density at radius 2 is 1.22 bits per heavy atom. The molecule has 0 spiro atoms. The van der Waals surface area contributed by atoms with Gasteiger partial charge in [-0.25, -0.2) is 0 Å². The normalized spacial score (nSPS) is 11.7. The van der Waals surface area contributed by atoms with Crippen LogP contribution in [0.5, 0.6) is 0 Å². The van der Waals surface area contributed by atoms with Crippen LogP contribution in [0.3, 0.4) is 0 Å². The lowest BCUT2D eigenvalue weighted by molar-refractivity contribution is 1.25. The largest absolute Gasteiger partial charge is 0.395 e. The summed E-state index contributed by atoms with van der Waals surface area (Å²) >= 11 is 0. The minimum atomic E-state index is 0.718. The highest BCUT2D eigenvalue weighted by Gasteiger charge is 2.18. The number of nitrogens with one attached hydrogen (secondary N) is 5. The van der Waals surface area contributed by atoms with Crippen LogP contribution in [0.2, 0.25) is 0 Å². The lowest BCUT2D eigenvalue weighted by Gasteiger charge is -2.18. The summed E-state index contributed by atoms with van der Waals surface area (Å²) in [6.45, 7) is 12.8. The van der Waals surface area contributed by atoms with Gasteiger partial charge in [-0.1, -0.05) is 12.1 Å². The molecule has 0 fully saturated rings. The molecular weight excluding hydrogens is 444 g/mol. The van der Waals surface area contributed by atoms with E-state index in [2.05, 4.69) is 110 Å². The summed E-state index contributed by atoms with van der Waals surface area (Å²) in [5.41, 5.74) is 21.7. The van der Waals surface area contributed by atoms with E-state index in [1.165, 1.54) is 33.2 Å². The molecule has 6 heteroatoms. The number of nitrogen functional groups attached to an aromatic ring is 1. The number of anilines is 5. The molecule has 0 radical (unpaired) electrons. The molecule has 182 valence electrons. The van der Waals surface area contributed by atoms with Crippen molar-refractivity contribution < 1.29 is 0 Å². The molecule has 0 amide bonds. The van der Waals surface area contributed by atoms with E-state index in [0.29, 0.717) is 0 Å². The smallest absolute Gasteiger partial charge is 0.0798 e. The fourth-order valence-corrected chi connectivity index (χ4v) is 5.40. The number of rotatable bonds is 4. The first kappa shape index (κ1) is 22.2. The average molecular weight is 477 g/mol. The summed E-state index contributed by atoms with van der Waals surface area (Å²) in [5, 5.41) is 11.0. The Morgan fingerprint density at radius 3 is 1.97 bits per heavy atom. The molecule has 0 aliphatic rings. The maximum absolute atomic E-state index is 6.67. The standard InChI is InChI=1S/C30H32N6/c1-14-17(4)34-29-20(14)10-11-24(28(29)31)35-25-13-12-23-27(16(3)19(6)33-23)30(25)36-22-9-7-8-21-26(22)15(2)18(5)32-21/h7-13,32-36H,31H2,1-6H3. The zero-order valence-corrected chi connectivity index (χ0v) is 21.6. The van der Waals surface area contributed by atoms with Gasteiger partial charge in [-0.15, -0.1) is 0 Å². The van der Waals surface area contributed by atoms with Crippen molar-refractivity contribution >= 4 is 61.1 Å². The van der Waals surface area contributed by atoms with Crippen LogP contribution >= 0.6 is 0 Å². The fraction of sp³-hybridized carbons (Fsp3) is 0.200. The Kier molecular flexibility index (Phi) is 4.83. The van der Waals surface area contributed by atoms with Crippen molar-refractivity contribution in [3.63, 3.8) is 0 Å². The molecule has 0 bridgehead atoms. The molecule has 0 atom stereocenters. The van der Waals surface area contributed by atoms with E-state index >= 15 is 0 Å².